The van der Waals surface area contributed by atoms with Crippen LogP contribution < -0.4 is 10.6 Å². The second kappa shape index (κ2) is 6.89. The van der Waals surface area contributed by atoms with Crippen LogP contribution in [0.5, 0.6) is 0 Å². The lowest BCUT2D eigenvalue weighted by atomic mass is 10.3. The maximum atomic E-state index is 12.1. The summed E-state index contributed by atoms with van der Waals surface area (Å²) >= 11 is 1.20. The Bertz CT molecular complexity index is 797. The second-order valence-electron chi connectivity index (χ2n) is 4.60. The van der Waals surface area contributed by atoms with Gasteiger partial charge in [0.2, 0.25) is 0 Å². The lowest BCUT2D eigenvalue weighted by Crippen LogP contribution is -2.22. The van der Waals surface area contributed by atoms with E-state index in [1.54, 1.807) is 30.5 Å². The van der Waals surface area contributed by atoms with Gasteiger partial charge >= 0.3 is 0 Å². The monoisotopic (exact) mass is 327 g/mol. The normalized spacial score (nSPS) is 10.3. The number of hydrogen-bond acceptors (Lipinski definition) is 5. The zero-order valence-electron chi connectivity index (χ0n) is 12.0. The predicted octanol–water partition coefficient (Wildman–Crippen LogP) is 2.92. The van der Waals surface area contributed by atoms with Crippen molar-refractivity contribution in [1.29, 1.82) is 0 Å². The number of thiophene rings is 1. The summed E-state index contributed by atoms with van der Waals surface area (Å²) in [6, 6.07) is 12.1. The molecule has 0 unspecified atom stereocenters. The molecule has 7 heteroatoms. The van der Waals surface area contributed by atoms with Gasteiger partial charge in [-0.05, 0) is 36.4 Å². The van der Waals surface area contributed by atoms with Gasteiger partial charge in [0.1, 0.15) is 0 Å². The molecule has 0 fully saturated rings. The molecule has 0 atom stereocenters. The van der Waals surface area contributed by atoms with E-state index in [1.807, 2.05) is 18.2 Å². The maximum absolute atomic E-state index is 12.1. The Balaban J connectivity index is 1.58. The van der Waals surface area contributed by atoms with Gasteiger partial charge < -0.3 is 15.1 Å². The molecule has 0 saturated heterocycles. The summed E-state index contributed by atoms with van der Waals surface area (Å²) in [5, 5.41) is 6.05. The fraction of sp³-hybridized carbons (Fsp3) is 0.0625. The van der Waals surface area contributed by atoms with Crippen LogP contribution in [-0.2, 0) is 6.54 Å². The van der Waals surface area contributed by atoms with Crippen LogP contribution in [0.4, 0.5) is 5.00 Å². The van der Waals surface area contributed by atoms with Crippen LogP contribution in [-0.4, -0.2) is 16.8 Å². The molecule has 23 heavy (non-hydrogen) atoms. The topological polar surface area (TPSA) is 84.2 Å². The fourth-order valence-corrected chi connectivity index (χ4v) is 2.69. The molecule has 3 aromatic heterocycles. The summed E-state index contributed by atoms with van der Waals surface area (Å²) in [4.78, 5) is 28.6. The Hall–Kier alpha value is -2.93. The Morgan fingerprint density at radius 2 is 2.00 bits per heavy atom. The Kier molecular flexibility index (Phi) is 4.49. The van der Waals surface area contributed by atoms with Gasteiger partial charge in [0.25, 0.3) is 11.8 Å². The van der Waals surface area contributed by atoms with E-state index in [2.05, 4.69) is 15.6 Å². The van der Waals surface area contributed by atoms with Gasteiger partial charge in [0.05, 0.1) is 28.4 Å². The van der Waals surface area contributed by atoms with E-state index in [1.165, 1.54) is 17.6 Å². The lowest BCUT2D eigenvalue weighted by molar-refractivity contribution is 0.0953. The van der Waals surface area contributed by atoms with Gasteiger partial charge in [0, 0.05) is 6.20 Å². The number of carbonyl (C=O) groups is 2. The molecule has 0 bridgehead atoms. The first kappa shape index (κ1) is 15.0. The largest absolute Gasteiger partial charge is 0.459 e. The van der Waals surface area contributed by atoms with E-state index in [-0.39, 0.29) is 17.6 Å². The SMILES string of the molecule is O=C(Nc1ccc(C(=O)NCc2ccccn2)s1)c1ccco1. The average molecular weight is 327 g/mol. The fourth-order valence-electron chi connectivity index (χ4n) is 1.87. The molecule has 116 valence electrons. The van der Waals surface area contributed by atoms with Crippen molar-refractivity contribution in [2.45, 2.75) is 6.54 Å². The molecule has 0 aromatic carbocycles. The van der Waals surface area contributed by atoms with E-state index < -0.39 is 0 Å². The van der Waals surface area contributed by atoms with Crippen LogP contribution in [0.1, 0.15) is 25.9 Å². The molecule has 6 nitrogen and oxygen atoms in total. The van der Waals surface area contributed by atoms with Crippen molar-refractivity contribution in [2.24, 2.45) is 0 Å². The molecular weight excluding hydrogens is 314 g/mol. The number of nitrogens with zero attached hydrogens (tertiary/aromatic N) is 1. The van der Waals surface area contributed by atoms with Gasteiger partial charge in [-0.3, -0.25) is 14.6 Å². The molecule has 2 N–H and O–H groups in total. The Morgan fingerprint density at radius 3 is 2.74 bits per heavy atom. The molecule has 3 aromatic rings. The first-order valence-electron chi connectivity index (χ1n) is 6.85. The van der Waals surface area contributed by atoms with Crippen molar-refractivity contribution in [3.63, 3.8) is 0 Å². The number of hydrogen-bond donors (Lipinski definition) is 2. The van der Waals surface area contributed by atoms with Crippen LogP contribution in [0, 0.1) is 0 Å². The number of aromatic nitrogens is 1. The molecule has 3 rings (SSSR count). The Labute approximate surface area is 136 Å². The van der Waals surface area contributed by atoms with Gasteiger partial charge in [-0.1, -0.05) is 6.07 Å². The van der Waals surface area contributed by atoms with Crippen molar-refractivity contribution < 1.29 is 14.0 Å². The standard InChI is InChI=1S/C16H13N3O3S/c20-15(12-5-3-9-22-12)19-14-7-6-13(23-14)16(21)18-10-11-4-1-2-8-17-11/h1-9H,10H2,(H,18,21)(H,19,20). The first-order chi connectivity index (χ1) is 11.2. The van der Waals surface area contributed by atoms with E-state index in [4.69, 9.17) is 4.42 Å². The van der Waals surface area contributed by atoms with Gasteiger partial charge in [0.15, 0.2) is 5.76 Å². The highest BCUT2D eigenvalue weighted by Crippen LogP contribution is 2.22. The molecule has 0 saturated carbocycles. The third-order valence-corrected chi connectivity index (χ3v) is 3.97. The van der Waals surface area contributed by atoms with Gasteiger partial charge in [-0.15, -0.1) is 11.3 Å². The summed E-state index contributed by atoms with van der Waals surface area (Å²) < 4.78 is 5.02. The summed E-state index contributed by atoms with van der Waals surface area (Å²) in [6.07, 6.45) is 3.11. The van der Waals surface area contributed by atoms with Crippen LogP contribution in [0.2, 0.25) is 0 Å². The minimum absolute atomic E-state index is 0.209. The van der Waals surface area contributed by atoms with E-state index >= 15 is 0 Å². The molecule has 0 aliphatic carbocycles. The minimum atomic E-state index is -0.350. The van der Waals surface area contributed by atoms with Gasteiger partial charge in [-0.2, -0.15) is 0 Å². The number of amides is 2. The number of pyridine rings is 1. The highest BCUT2D eigenvalue weighted by molar-refractivity contribution is 7.18. The van der Waals surface area contributed by atoms with Crippen molar-refractivity contribution in [2.75, 3.05) is 5.32 Å². The molecule has 2 amide bonds. The third kappa shape index (κ3) is 3.83. The number of carbonyl (C=O) groups excluding carboxylic acids is 2. The van der Waals surface area contributed by atoms with Crippen LogP contribution in [0.15, 0.2) is 59.3 Å². The summed E-state index contributed by atoms with van der Waals surface area (Å²) in [5.74, 6) is -0.337. The average Bonchev–Trinajstić information content (AvgIpc) is 3.25. The van der Waals surface area contributed by atoms with Crippen LogP contribution >= 0.6 is 11.3 Å². The zero-order chi connectivity index (χ0) is 16.1. The summed E-state index contributed by atoms with van der Waals surface area (Å²) in [7, 11) is 0. The van der Waals surface area contributed by atoms with Crippen molar-refractivity contribution >= 4 is 28.2 Å². The highest BCUT2D eigenvalue weighted by atomic mass is 32.1. The van der Waals surface area contributed by atoms with Crippen molar-refractivity contribution in [1.82, 2.24) is 10.3 Å². The van der Waals surface area contributed by atoms with Crippen molar-refractivity contribution in [3.8, 4) is 0 Å². The Morgan fingerprint density at radius 1 is 1.09 bits per heavy atom. The molecule has 3 heterocycles. The van der Waals surface area contributed by atoms with Gasteiger partial charge in [-0.25, -0.2) is 0 Å². The van der Waals surface area contributed by atoms with E-state index in [0.29, 0.717) is 16.4 Å². The maximum Gasteiger partial charge on any atom is 0.291 e. The number of anilines is 1. The third-order valence-electron chi connectivity index (χ3n) is 2.97. The summed E-state index contributed by atoms with van der Waals surface area (Å²) in [6.45, 7) is 0.353. The zero-order valence-corrected chi connectivity index (χ0v) is 12.8. The quantitative estimate of drug-likeness (QED) is 0.754. The molecular formula is C16H13N3O3S. The first-order valence-corrected chi connectivity index (χ1v) is 7.67. The highest BCUT2D eigenvalue weighted by Gasteiger charge is 2.13. The molecule has 0 aliphatic rings. The number of rotatable bonds is 5. The minimum Gasteiger partial charge on any atom is -0.459 e. The molecule has 0 radical (unpaired) electrons. The van der Waals surface area contributed by atoms with E-state index in [9.17, 15) is 9.59 Å². The molecule has 0 spiro atoms. The summed E-state index contributed by atoms with van der Waals surface area (Å²) in [5.41, 5.74) is 0.781. The number of nitrogens with one attached hydrogen (secondary N) is 2. The lowest BCUT2D eigenvalue weighted by Gasteiger charge is -2.02. The number of furan rings is 1. The van der Waals surface area contributed by atoms with Crippen LogP contribution in [0.3, 0.4) is 0 Å². The second-order valence-corrected chi connectivity index (χ2v) is 5.68. The molecule has 0 aliphatic heterocycles. The predicted molar refractivity (Wildman–Crippen MR) is 86.4 cm³/mol. The van der Waals surface area contributed by atoms with Crippen molar-refractivity contribution in [3.05, 3.63) is 71.3 Å². The van der Waals surface area contributed by atoms with Crippen LogP contribution in [0.25, 0.3) is 0 Å². The smallest absolute Gasteiger partial charge is 0.291 e. The van der Waals surface area contributed by atoms with E-state index in [0.717, 1.165) is 5.69 Å².